The zero-order valence-corrected chi connectivity index (χ0v) is 9.80. The summed E-state index contributed by atoms with van der Waals surface area (Å²) in [7, 11) is 0. The first-order valence-corrected chi connectivity index (χ1v) is 5.54. The minimum atomic E-state index is -1.14. The van der Waals surface area contributed by atoms with Gasteiger partial charge in [-0.05, 0) is 6.07 Å². The van der Waals surface area contributed by atoms with Gasteiger partial charge in [-0.1, -0.05) is 6.07 Å². The molecule has 1 saturated heterocycles. The van der Waals surface area contributed by atoms with Crippen molar-refractivity contribution < 1.29 is 24.7 Å². The van der Waals surface area contributed by atoms with Crippen molar-refractivity contribution in [3.05, 3.63) is 34.4 Å². The van der Waals surface area contributed by atoms with Crippen LogP contribution in [0.1, 0.15) is 0 Å². The smallest absolute Gasteiger partial charge is 0.407 e. The molecule has 1 amide bonds. The SMILES string of the molecule is O=C(O)N1C[C@H](Oc2cccc([N+](=O)[O-])c2)[C@@H](O)C1. The summed E-state index contributed by atoms with van der Waals surface area (Å²) < 4.78 is 5.40. The Morgan fingerprint density at radius 1 is 1.47 bits per heavy atom. The average Bonchev–Trinajstić information content (AvgIpc) is 2.71. The highest BCUT2D eigenvalue weighted by Crippen LogP contribution is 2.23. The largest absolute Gasteiger partial charge is 0.486 e. The normalized spacial score (nSPS) is 22.3. The Morgan fingerprint density at radius 3 is 2.79 bits per heavy atom. The molecule has 1 aliphatic rings. The lowest BCUT2D eigenvalue weighted by Gasteiger charge is -2.15. The molecular weight excluding hydrogens is 256 g/mol. The van der Waals surface area contributed by atoms with Crippen LogP contribution in [-0.4, -0.2) is 51.4 Å². The van der Waals surface area contributed by atoms with Crippen molar-refractivity contribution in [1.82, 2.24) is 4.90 Å². The second-order valence-corrected chi connectivity index (χ2v) is 4.17. The summed E-state index contributed by atoms with van der Waals surface area (Å²) in [6, 6.07) is 5.53. The second kappa shape index (κ2) is 5.11. The van der Waals surface area contributed by atoms with E-state index in [0.717, 1.165) is 4.90 Å². The minimum absolute atomic E-state index is 0.0270. The number of hydrogen-bond donors (Lipinski definition) is 2. The van der Waals surface area contributed by atoms with Gasteiger partial charge in [-0.25, -0.2) is 4.79 Å². The third-order valence-corrected chi connectivity index (χ3v) is 2.82. The van der Waals surface area contributed by atoms with Crippen LogP contribution in [0.15, 0.2) is 24.3 Å². The van der Waals surface area contributed by atoms with Crippen molar-refractivity contribution >= 4 is 11.8 Å². The average molecular weight is 268 g/mol. The number of β-amino-alcohol motifs (C(OH)–C–C–N with tert-alkyl or cyclic N) is 1. The quantitative estimate of drug-likeness (QED) is 0.616. The van der Waals surface area contributed by atoms with Gasteiger partial charge in [0, 0.05) is 6.07 Å². The molecule has 1 aromatic rings. The molecule has 0 aliphatic carbocycles. The molecule has 0 radical (unpaired) electrons. The first-order chi connectivity index (χ1) is 8.97. The van der Waals surface area contributed by atoms with Gasteiger partial charge < -0.3 is 19.8 Å². The number of carboxylic acid groups (broad SMARTS) is 1. The van der Waals surface area contributed by atoms with Gasteiger partial charge >= 0.3 is 6.09 Å². The third-order valence-electron chi connectivity index (χ3n) is 2.82. The number of non-ortho nitro benzene ring substituents is 1. The zero-order chi connectivity index (χ0) is 14.0. The van der Waals surface area contributed by atoms with Crippen LogP contribution in [0.5, 0.6) is 5.75 Å². The lowest BCUT2D eigenvalue weighted by molar-refractivity contribution is -0.385. The fourth-order valence-electron chi connectivity index (χ4n) is 1.87. The predicted octanol–water partition coefficient (Wildman–Crippen LogP) is 0.697. The van der Waals surface area contributed by atoms with E-state index in [1.807, 2.05) is 0 Å². The van der Waals surface area contributed by atoms with Crippen molar-refractivity contribution in [1.29, 1.82) is 0 Å². The molecule has 8 nitrogen and oxygen atoms in total. The van der Waals surface area contributed by atoms with E-state index in [9.17, 15) is 20.0 Å². The van der Waals surface area contributed by atoms with Gasteiger partial charge in [-0.3, -0.25) is 10.1 Å². The van der Waals surface area contributed by atoms with E-state index < -0.39 is 23.2 Å². The topological polar surface area (TPSA) is 113 Å². The first-order valence-electron chi connectivity index (χ1n) is 5.54. The lowest BCUT2D eigenvalue weighted by Crippen LogP contribution is -2.30. The molecule has 1 aliphatic heterocycles. The number of hydrogen-bond acceptors (Lipinski definition) is 5. The van der Waals surface area contributed by atoms with E-state index in [1.54, 1.807) is 0 Å². The Hall–Kier alpha value is -2.35. The second-order valence-electron chi connectivity index (χ2n) is 4.17. The van der Waals surface area contributed by atoms with Gasteiger partial charge in [0.2, 0.25) is 0 Å². The highest BCUT2D eigenvalue weighted by atomic mass is 16.6. The summed E-state index contributed by atoms with van der Waals surface area (Å²) in [6.07, 6.45) is -2.81. The van der Waals surface area contributed by atoms with E-state index in [-0.39, 0.29) is 24.5 Å². The number of nitro groups is 1. The van der Waals surface area contributed by atoms with Crippen LogP contribution < -0.4 is 4.74 Å². The Morgan fingerprint density at radius 2 is 2.21 bits per heavy atom. The molecule has 1 aromatic carbocycles. The summed E-state index contributed by atoms with van der Waals surface area (Å²) in [5.41, 5.74) is -0.125. The van der Waals surface area contributed by atoms with Crippen LogP contribution in [-0.2, 0) is 0 Å². The molecule has 8 heteroatoms. The van der Waals surface area contributed by atoms with Crippen LogP contribution in [0.4, 0.5) is 10.5 Å². The molecule has 2 atom stereocenters. The number of likely N-dealkylation sites (tertiary alicyclic amines) is 1. The molecule has 1 fully saturated rings. The van der Waals surface area contributed by atoms with Crippen molar-refractivity contribution in [2.75, 3.05) is 13.1 Å². The molecule has 0 saturated carbocycles. The minimum Gasteiger partial charge on any atom is -0.486 e. The van der Waals surface area contributed by atoms with Crippen molar-refractivity contribution in [3.8, 4) is 5.75 Å². The summed E-state index contributed by atoms with van der Waals surface area (Å²) in [5, 5.41) is 29.1. The number of rotatable bonds is 3. The lowest BCUT2D eigenvalue weighted by atomic mass is 10.2. The summed E-state index contributed by atoms with van der Waals surface area (Å²) in [4.78, 5) is 21.8. The van der Waals surface area contributed by atoms with Crippen LogP contribution >= 0.6 is 0 Å². The van der Waals surface area contributed by atoms with E-state index in [4.69, 9.17) is 9.84 Å². The van der Waals surface area contributed by atoms with Crippen LogP contribution in [0.2, 0.25) is 0 Å². The zero-order valence-electron chi connectivity index (χ0n) is 9.80. The first kappa shape index (κ1) is 13.1. The summed E-state index contributed by atoms with van der Waals surface area (Å²) in [5.74, 6) is 0.227. The Bertz CT molecular complexity index is 506. The molecule has 2 rings (SSSR count). The Labute approximate surface area is 108 Å². The van der Waals surface area contributed by atoms with Crippen molar-refractivity contribution in [3.63, 3.8) is 0 Å². The Balaban J connectivity index is 2.07. The molecule has 19 heavy (non-hydrogen) atoms. The van der Waals surface area contributed by atoms with Gasteiger partial charge in [-0.2, -0.15) is 0 Å². The van der Waals surface area contributed by atoms with E-state index in [0.29, 0.717) is 0 Å². The number of nitro benzene ring substituents is 1. The number of amides is 1. The molecule has 0 spiro atoms. The third kappa shape index (κ3) is 2.91. The van der Waals surface area contributed by atoms with Crippen LogP contribution in [0.3, 0.4) is 0 Å². The summed E-state index contributed by atoms with van der Waals surface area (Å²) in [6.45, 7) is -0.00583. The molecule has 1 heterocycles. The number of ether oxygens (including phenoxy) is 1. The number of benzene rings is 1. The highest BCUT2D eigenvalue weighted by molar-refractivity contribution is 5.65. The molecule has 0 unspecified atom stereocenters. The molecular formula is C11H12N2O6. The van der Waals surface area contributed by atoms with Crippen LogP contribution in [0, 0.1) is 10.1 Å². The predicted molar refractivity (Wildman–Crippen MR) is 63.1 cm³/mol. The van der Waals surface area contributed by atoms with Gasteiger partial charge in [0.05, 0.1) is 24.1 Å². The maximum Gasteiger partial charge on any atom is 0.407 e. The monoisotopic (exact) mass is 268 g/mol. The van der Waals surface area contributed by atoms with E-state index >= 15 is 0 Å². The van der Waals surface area contributed by atoms with E-state index in [1.165, 1.54) is 24.3 Å². The van der Waals surface area contributed by atoms with Gasteiger partial charge in [-0.15, -0.1) is 0 Å². The van der Waals surface area contributed by atoms with Gasteiger partial charge in [0.15, 0.2) is 0 Å². The Kier molecular flexibility index (Phi) is 3.52. The standard InChI is InChI=1S/C11H12N2O6/c14-9-5-12(11(15)16)6-10(9)19-8-3-1-2-7(4-8)13(17)18/h1-4,9-10,14H,5-6H2,(H,15,16)/t9-,10-/m0/s1. The van der Waals surface area contributed by atoms with Gasteiger partial charge in [0.1, 0.15) is 18.0 Å². The number of carbonyl (C=O) groups is 1. The maximum atomic E-state index is 10.8. The van der Waals surface area contributed by atoms with Crippen molar-refractivity contribution in [2.45, 2.75) is 12.2 Å². The molecule has 2 N–H and O–H groups in total. The maximum absolute atomic E-state index is 10.8. The fraction of sp³-hybridized carbons (Fsp3) is 0.364. The number of aliphatic hydroxyl groups excluding tert-OH is 1. The van der Waals surface area contributed by atoms with Crippen LogP contribution in [0.25, 0.3) is 0 Å². The van der Waals surface area contributed by atoms with Crippen molar-refractivity contribution in [2.24, 2.45) is 0 Å². The molecule has 0 bridgehead atoms. The summed E-state index contributed by atoms with van der Waals surface area (Å²) >= 11 is 0. The van der Waals surface area contributed by atoms with E-state index in [2.05, 4.69) is 0 Å². The van der Waals surface area contributed by atoms with Gasteiger partial charge in [0.25, 0.3) is 5.69 Å². The molecule has 102 valence electrons. The fourth-order valence-corrected chi connectivity index (χ4v) is 1.87. The highest BCUT2D eigenvalue weighted by Gasteiger charge is 2.35. The number of nitrogens with zero attached hydrogens (tertiary/aromatic N) is 2. The molecule has 0 aromatic heterocycles. The number of aliphatic hydroxyl groups is 1.